The lowest BCUT2D eigenvalue weighted by molar-refractivity contribution is 0.368. The monoisotopic (exact) mass is 195 g/mol. The first kappa shape index (κ1) is 10.9. The number of aromatic hydroxyl groups is 1. The summed E-state index contributed by atoms with van der Waals surface area (Å²) in [6, 6.07) is 3.57. The minimum absolute atomic E-state index is 0.0596. The van der Waals surface area contributed by atoms with Gasteiger partial charge in [-0.05, 0) is 31.9 Å². The summed E-state index contributed by atoms with van der Waals surface area (Å²) in [4.78, 5) is 0. The summed E-state index contributed by atoms with van der Waals surface area (Å²) in [6.07, 6.45) is 0.712. The number of nitrogens with two attached hydrogens (primary N) is 1. The average molecular weight is 195 g/mol. The fourth-order valence-corrected chi connectivity index (χ4v) is 1.52. The molecule has 0 heterocycles. The highest BCUT2D eigenvalue weighted by atomic mass is 16.5. The fraction of sp³-hybridized carbons (Fsp3) is 0.455. The first-order valence-corrected chi connectivity index (χ1v) is 4.67. The largest absolute Gasteiger partial charge is 0.504 e. The highest BCUT2D eigenvalue weighted by Crippen LogP contribution is 2.32. The van der Waals surface area contributed by atoms with E-state index in [-0.39, 0.29) is 11.8 Å². The fourth-order valence-electron chi connectivity index (χ4n) is 1.52. The second kappa shape index (κ2) is 4.33. The Labute approximate surface area is 84.5 Å². The third-order valence-corrected chi connectivity index (χ3v) is 2.20. The van der Waals surface area contributed by atoms with Crippen molar-refractivity contribution in [3.05, 3.63) is 23.3 Å². The molecule has 0 aliphatic carbocycles. The van der Waals surface area contributed by atoms with Gasteiger partial charge in [-0.1, -0.05) is 6.07 Å². The summed E-state index contributed by atoms with van der Waals surface area (Å²) in [6.45, 7) is 3.92. The Morgan fingerprint density at radius 3 is 2.64 bits per heavy atom. The summed E-state index contributed by atoms with van der Waals surface area (Å²) >= 11 is 0. The van der Waals surface area contributed by atoms with Crippen LogP contribution in [0.15, 0.2) is 12.1 Å². The van der Waals surface area contributed by atoms with Gasteiger partial charge in [0.05, 0.1) is 7.11 Å². The number of ether oxygens (including phenoxy) is 1. The van der Waals surface area contributed by atoms with Crippen molar-refractivity contribution in [1.29, 1.82) is 0 Å². The molecule has 0 fully saturated rings. The topological polar surface area (TPSA) is 55.5 Å². The van der Waals surface area contributed by atoms with E-state index in [0.29, 0.717) is 12.2 Å². The Bertz CT molecular complexity index is 321. The van der Waals surface area contributed by atoms with Gasteiger partial charge in [-0.15, -0.1) is 0 Å². The third-order valence-electron chi connectivity index (χ3n) is 2.20. The molecule has 0 amide bonds. The van der Waals surface area contributed by atoms with E-state index in [1.165, 1.54) is 0 Å². The van der Waals surface area contributed by atoms with Crippen LogP contribution in [-0.2, 0) is 6.42 Å². The van der Waals surface area contributed by atoms with Crippen molar-refractivity contribution in [1.82, 2.24) is 0 Å². The van der Waals surface area contributed by atoms with Crippen molar-refractivity contribution < 1.29 is 9.84 Å². The molecule has 1 aromatic rings. The number of phenols is 1. The van der Waals surface area contributed by atoms with Crippen molar-refractivity contribution in [3.8, 4) is 11.5 Å². The predicted molar refractivity (Wildman–Crippen MR) is 56.7 cm³/mol. The standard InChI is InChI=1S/C11H17NO2/c1-7-4-5-10(13)11(14-3)9(7)6-8(2)12/h4-5,8,13H,6,12H2,1-3H3. The molecule has 1 aromatic carbocycles. The maximum atomic E-state index is 9.56. The molecule has 0 saturated heterocycles. The first-order chi connectivity index (χ1) is 6.56. The highest BCUT2D eigenvalue weighted by Gasteiger charge is 2.12. The van der Waals surface area contributed by atoms with Gasteiger partial charge >= 0.3 is 0 Å². The Morgan fingerprint density at radius 1 is 1.50 bits per heavy atom. The number of hydrogen-bond acceptors (Lipinski definition) is 3. The first-order valence-electron chi connectivity index (χ1n) is 4.67. The summed E-state index contributed by atoms with van der Waals surface area (Å²) in [5.74, 6) is 0.719. The van der Waals surface area contributed by atoms with E-state index in [9.17, 15) is 5.11 Å². The minimum Gasteiger partial charge on any atom is -0.504 e. The molecule has 0 aliphatic rings. The molecule has 0 bridgehead atoms. The molecule has 1 atom stereocenters. The lowest BCUT2D eigenvalue weighted by Gasteiger charge is -2.14. The molecule has 0 aliphatic heterocycles. The van der Waals surface area contributed by atoms with E-state index in [1.807, 2.05) is 19.9 Å². The summed E-state index contributed by atoms with van der Waals surface area (Å²) < 4.78 is 5.15. The molecule has 3 heteroatoms. The van der Waals surface area contributed by atoms with Crippen molar-refractivity contribution in [2.45, 2.75) is 26.3 Å². The molecule has 0 spiro atoms. The third kappa shape index (κ3) is 2.17. The summed E-state index contributed by atoms with van der Waals surface area (Å²) in [5.41, 5.74) is 7.81. The van der Waals surface area contributed by atoms with E-state index < -0.39 is 0 Å². The minimum atomic E-state index is 0.0596. The Hall–Kier alpha value is -1.22. The van der Waals surface area contributed by atoms with Gasteiger partial charge in [-0.2, -0.15) is 0 Å². The number of benzene rings is 1. The lowest BCUT2D eigenvalue weighted by Crippen LogP contribution is -2.18. The molecule has 0 radical (unpaired) electrons. The van der Waals surface area contributed by atoms with E-state index in [1.54, 1.807) is 13.2 Å². The molecule has 14 heavy (non-hydrogen) atoms. The van der Waals surface area contributed by atoms with Crippen LogP contribution in [0, 0.1) is 6.92 Å². The molecule has 3 N–H and O–H groups in total. The summed E-state index contributed by atoms with van der Waals surface area (Å²) in [5, 5.41) is 9.56. The second-order valence-electron chi connectivity index (χ2n) is 3.59. The van der Waals surface area contributed by atoms with Crippen LogP contribution in [0.1, 0.15) is 18.1 Å². The number of hydrogen-bond donors (Lipinski definition) is 2. The quantitative estimate of drug-likeness (QED) is 0.770. The Balaban J connectivity index is 3.16. The van der Waals surface area contributed by atoms with Gasteiger partial charge in [-0.25, -0.2) is 0 Å². The molecular formula is C11H17NO2. The normalized spacial score (nSPS) is 12.6. The number of aryl methyl sites for hydroxylation is 1. The van der Waals surface area contributed by atoms with Gasteiger partial charge in [0.15, 0.2) is 11.5 Å². The number of rotatable bonds is 3. The number of methoxy groups -OCH3 is 1. The van der Waals surface area contributed by atoms with Gasteiger partial charge in [0.25, 0.3) is 0 Å². The maximum Gasteiger partial charge on any atom is 0.163 e. The zero-order chi connectivity index (χ0) is 10.7. The van der Waals surface area contributed by atoms with Crippen LogP contribution in [0.5, 0.6) is 11.5 Å². The molecule has 78 valence electrons. The van der Waals surface area contributed by atoms with E-state index in [2.05, 4.69) is 0 Å². The van der Waals surface area contributed by atoms with Crippen molar-refractivity contribution in [2.75, 3.05) is 7.11 Å². The predicted octanol–water partition coefficient (Wildman–Crippen LogP) is 1.60. The van der Waals surface area contributed by atoms with Crippen LogP contribution in [0.3, 0.4) is 0 Å². The molecule has 1 rings (SSSR count). The van der Waals surface area contributed by atoms with Gasteiger partial charge in [0.1, 0.15) is 0 Å². The van der Waals surface area contributed by atoms with Crippen molar-refractivity contribution in [2.24, 2.45) is 5.73 Å². The lowest BCUT2D eigenvalue weighted by atomic mass is 10.0. The SMILES string of the molecule is COc1c(O)ccc(C)c1CC(C)N. The van der Waals surface area contributed by atoms with Gasteiger partial charge < -0.3 is 15.6 Å². The molecule has 1 unspecified atom stereocenters. The van der Waals surface area contributed by atoms with Crippen LogP contribution in [-0.4, -0.2) is 18.3 Å². The van der Waals surface area contributed by atoms with Crippen LogP contribution in [0.4, 0.5) is 0 Å². The van der Waals surface area contributed by atoms with Crippen LogP contribution in [0.2, 0.25) is 0 Å². The van der Waals surface area contributed by atoms with E-state index in [4.69, 9.17) is 10.5 Å². The van der Waals surface area contributed by atoms with Crippen LogP contribution >= 0.6 is 0 Å². The summed E-state index contributed by atoms with van der Waals surface area (Å²) in [7, 11) is 1.55. The second-order valence-corrected chi connectivity index (χ2v) is 3.59. The van der Waals surface area contributed by atoms with Crippen molar-refractivity contribution >= 4 is 0 Å². The number of phenolic OH excluding ortho intramolecular Hbond substituents is 1. The zero-order valence-corrected chi connectivity index (χ0v) is 8.87. The van der Waals surface area contributed by atoms with Crippen molar-refractivity contribution in [3.63, 3.8) is 0 Å². The molecule has 3 nitrogen and oxygen atoms in total. The van der Waals surface area contributed by atoms with Gasteiger partial charge in [-0.3, -0.25) is 0 Å². The van der Waals surface area contributed by atoms with Crippen LogP contribution in [0.25, 0.3) is 0 Å². The Morgan fingerprint density at radius 2 is 2.14 bits per heavy atom. The van der Waals surface area contributed by atoms with E-state index >= 15 is 0 Å². The highest BCUT2D eigenvalue weighted by molar-refractivity contribution is 5.49. The van der Waals surface area contributed by atoms with Crippen LogP contribution < -0.4 is 10.5 Å². The van der Waals surface area contributed by atoms with Gasteiger partial charge in [0.2, 0.25) is 0 Å². The van der Waals surface area contributed by atoms with E-state index in [0.717, 1.165) is 11.1 Å². The molecule has 0 aromatic heterocycles. The average Bonchev–Trinajstić information content (AvgIpc) is 2.11. The molecular weight excluding hydrogens is 178 g/mol. The molecule has 0 saturated carbocycles. The zero-order valence-electron chi connectivity index (χ0n) is 8.87. The van der Waals surface area contributed by atoms with Gasteiger partial charge in [0, 0.05) is 11.6 Å². The smallest absolute Gasteiger partial charge is 0.163 e. The maximum absolute atomic E-state index is 9.56. The Kier molecular flexibility index (Phi) is 3.36.